The minimum Gasteiger partial charge on any atom is -0.313 e. The van der Waals surface area contributed by atoms with E-state index in [1.54, 1.807) is 11.3 Å². The molecule has 1 atom stereocenters. The molecule has 16 heavy (non-hydrogen) atoms. The van der Waals surface area contributed by atoms with Gasteiger partial charge < -0.3 is 5.32 Å². The number of thiophene rings is 1. The summed E-state index contributed by atoms with van der Waals surface area (Å²) in [5, 5.41) is 3.34. The van der Waals surface area contributed by atoms with Gasteiger partial charge >= 0.3 is 0 Å². The van der Waals surface area contributed by atoms with Crippen molar-refractivity contribution < 1.29 is 0 Å². The van der Waals surface area contributed by atoms with Crippen molar-refractivity contribution in [3.8, 4) is 0 Å². The number of hydrogen-bond acceptors (Lipinski definition) is 2. The number of nitrogens with one attached hydrogen (secondary N) is 1. The van der Waals surface area contributed by atoms with E-state index in [-0.39, 0.29) is 0 Å². The standard InChI is InChI=1S/C13H14ClNS/c1-15-12(10-5-3-2-4-6-10)9-11-7-8-13(14)16-11/h2-8,12,15H,9H2,1H3. The fourth-order valence-electron chi connectivity index (χ4n) is 1.73. The van der Waals surface area contributed by atoms with Gasteiger partial charge in [-0.25, -0.2) is 0 Å². The summed E-state index contributed by atoms with van der Waals surface area (Å²) in [5.74, 6) is 0. The van der Waals surface area contributed by atoms with Crippen LogP contribution in [0.3, 0.4) is 0 Å². The van der Waals surface area contributed by atoms with Gasteiger partial charge in [0.15, 0.2) is 0 Å². The highest BCUT2D eigenvalue weighted by Crippen LogP contribution is 2.26. The highest BCUT2D eigenvalue weighted by molar-refractivity contribution is 7.16. The minimum absolute atomic E-state index is 0.357. The molecule has 0 saturated carbocycles. The third-order valence-electron chi connectivity index (χ3n) is 2.58. The number of halogens is 1. The zero-order valence-corrected chi connectivity index (χ0v) is 10.7. The van der Waals surface area contributed by atoms with Crippen LogP contribution in [0.5, 0.6) is 0 Å². The number of rotatable bonds is 4. The van der Waals surface area contributed by atoms with E-state index < -0.39 is 0 Å². The van der Waals surface area contributed by atoms with Crippen LogP contribution in [0.15, 0.2) is 42.5 Å². The van der Waals surface area contributed by atoms with Crippen molar-refractivity contribution in [2.24, 2.45) is 0 Å². The van der Waals surface area contributed by atoms with Crippen molar-refractivity contribution in [3.63, 3.8) is 0 Å². The monoisotopic (exact) mass is 251 g/mol. The molecule has 0 radical (unpaired) electrons. The lowest BCUT2D eigenvalue weighted by molar-refractivity contribution is 0.596. The summed E-state index contributed by atoms with van der Waals surface area (Å²) >= 11 is 7.58. The smallest absolute Gasteiger partial charge is 0.0931 e. The Morgan fingerprint density at radius 3 is 2.50 bits per heavy atom. The van der Waals surface area contributed by atoms with Gasteiger partial charge in [0.25, 0.3) is 0 Å². The van der Waals surface area contributed by atoms with Crippen LogP contribution in [0.25, 0.3) is 0 Å². The lowest BCUT2D eigenvalue weighted by atomic mass is 10.0. The second-order valence-electron chi connectivity index (χ2n) is 3.66. The molecular formula is C13H14ClNS. The topological polar surface area (TPSA) is 12.0 Å². The molecule has 1 aromatic heterocycles. The maximum absolute atomic E-state index is 5.93. The molecule has 2 rings (SSSR count). The van der Waals surface area contributed by atoms with Gasteiger partial charge in [-0.1, -0.05) is 41.9 Å². The molecule has 1 nitrogen and oxygen atoms in total. The molecule has 0 spiro atoms. The molecule has 0 amide bonds. The lowest BCUT2D eigenvalue weighted by Gasteiger charge is -2.15. The fourth-order valence-corrected chi connectivity index (χ4v) is 2.87. The highest BCUT2D eigenvalue weighted by atomic mass is 35.5. The Labute approximate surface area is 105 Å². The summed E-state index contributed by atoms with van der Waals surface area (Å²) in [6, 6.07) is 14.9. The van der Waals surface area contributed by atoms with Crippen LogP contribution in [-0.2, 0) is 6.42 Å². The molecule has 0 aliphatic heterocycles. The van der Waals surface area contributed by atoms with Gasteiger partial charge in [0.05, 0.1) is 4.34 Å². The van der Waals surface area contributed by atoms with E-state index in [4.69, 9.17) is 11.6 Å². The molecule has 1 N–H and O–H groups in total. The first-order valence-electron chi connectivity index (χ1n) is 5.26. The van der Waals surface area contributed by atoms with Crippen LogP contribution in [-0.4, -0.2) is 7.05 Å². The maximum Gasteiger partial charge on any atom is 0.0931 e. The van der Waals surface area contributed by atoms with Crippen LogP contribution < -0.4 is 5.32 Å². The third-order valence-corrected chi connectivity index (χ3v) is 3.84. The first kappa shape index (κ1) is 11.6. The molecule has 0 aliphatic carbocycles. The molecule has 1 heterocycles. The number of hydrogen-bond donors (Lipinski definition) is 1. The van der Waals surface area contributed by atoms with Crippen molar-refractivity contribution in [2.45, 2.75) is 12.5 Å². The van der Waals surface area contributed by atoms with Crippen LogP contribution in [0.4, 0.5) is 0 Å². The van der Waals surface area contributed by atoms with E-state index >= 15 is 0 Å². The minimum atomic E-state index is 0.357. The van der Waals surface area contributed by atoms with E-state index in [9.17, 15) is 0 Å². The van der Waals surface area contributed by atoms with Crippen LogP contribution in [0.2, 0.25) is 4.34 Å². The summed E-state index contributed by atoms with van der Waals surface area (Å²) in [6.07, 6.45) is 0.984. The van der Waals surface area contributed by atoms with Gasteiger partial charge in [-0.2, -0.15) is 0 Å². The first-order chi connectivity index (χ1) is 7.79. The van der Waals surface area contributed by atoms with Gasteiger partial charge in [-0.15, -0.1) is 11.3 Å². The average Bonchev–Trinajstić information content (AvgIpc) is 2.73. The fraction of sp³-hybridized carbons (Fsp3) is 0.231. The lowest BCUT2D eigenvalue weighted by Crippen LogP contribution is -2.18. The van der Waals surface area contributed by atoms with E-state index in [1.807, 2.05) is 19.2 Å². The molecule has 3 heteroatoms. The predicted octanol–water partition coefficient (Wildman–Crippen LogP) is 3.90. The summed E-state index contributed by atoms with van der Waals surface area (Å²) < 4.78 is 0.859. The number of benzene rings is 1. The van der Waals surface area contributed by atoms with Crippen LogP contribution >= 0.6 is 22.9 Å². The van der Waals surface area contributed by atoms with E-state index in [2.05, 4.69) is 35.6 Å². The molecule has 0 bridgehead atoms. The molecule has 84 valence electrons. The summed E-state index contributed by atoms with van der Waals surface area (Å²) in [6.45, 7) is 0. The Balaban J connectivity index is 2.12. The quantitative estimate of drug-likeness (QED) is 0.869. The molecule has 0 aliphatic rings. The summed E-state index contributed by atoms with van der Waals surface area (Å²) in [4.78, 5) is 1.31. The first-order valence-corrected chi connectivity index (χ1v) is 6.45. The zero-order valence-electron chi connectivity index (χ0n) is 9.11. The Kier molecular flexibility index (Phi) is 3.99. The van der Waals surface area contributed by atoms with Crippen molar-refractivity contribution >= 4 is 22.9 Å². The average molecular weight is 252 g/mol. The predicted molar refractivity (Wildman–Crippen MR) is 71.3 cm³/mol. The van der Waals surface area contributed by atoms with Gasteiger partial charge in [0.1, 0.15) is 0 Å². The molecular weight excluding hydrogens is 238 g/mol. The van der Waals surface area contributed by atoms with Gasteiger partial charge in [-0.3, -0.25) is 0 Å². The van der Waals surface area contributed by atoms with Crippen molar-refractivity contribution in [3.05, 3.63) is 57.2 Å². The molecule has 0 fully saturated rings. The highest BCUT2D eigenvalue weighted by Gasteiger charge is 2.10. The van der Waals surface area contributed by atoms with E-state index in [0.717, 1.165) is 10.8 Å². The van der Waals surface area contributed by atoms with E-state index in [1.165, 1.54) is 10.4 Å². The SMILES string of the molecule is CNC(Cc1ccc(Cl)s1)c1ccccc1. The molecule has 0 saturated heterocycles. The van der Waals surface area contributed by atoms with Gasteiger partial charge in [0, 0.05) is 17.3 Å². The third kappa shape index (κ3) is 2.85. The van der Waals surface area contributed by atoms with Crippen molar-refractivity contribution in [1.82, 2.24) is 5.32 Å². The Morgan fingerprint density at radius 2 is 1.94 bits per heavy atom. The van der Waals surface area contributed by atoms with Crippen LogP contribution in [0, 0.1) is 0 Å². The zero-order chi connectivity index (χ0) is 11.4. The Morgan fingerprint density at radius 1 is 1.19 bits per heavy atom. The summed E-state index contributed by atoms with van der Waals surface area (Å²) in [5.41, 5.74) is 1.31. The molecule has 1 aromatic carbocycles. The Hall–Kier alpha value is -0.830. The Bertz CT molecular complexity index is 438. The maximum atomic E-state index is 5.93. The second kappa shape index (κ2) is 5.48. The molecule has 1 unspecified atom stereocenters. The summed E-state index contributed by atoms with van der Waals surface area (Å²) in [7, 11) is 1.99. The normalized spacial score (nSPS) is 12.6. The van der Waals surface area contributed by atoms with Crippen molar-refractivity contribution in [1.29, 1.82) is 0 Å². The van der Waals surface area contributed by atoms with Gasteiger partial charge in [-0.05, 0) is 24.7 Å². The molecule has 2 aromatic rings. The van der Waals surface area contributed by atoms with Crippen LogP contribution in [0.1, 0.15) is 16.5 Å². The van der Waals surface area contributed by atoms with E-state index in [0.29, 0.717) is 6.04 Å². The number of likely N-dealkylation sites (N-methyl/N-ethyl adjacent to an activating group) is 1. The largest absolute Gasteiger partial charge is 0.313 e. The second-order valence-corrected chi connectivity index (χ2v) is 5.46. The van der Waals surface area contributed by atoms with Crippen molar-refractivity contribution in [2.75, 3.05) is 7.05 Å². The van der Waals surface area contributed by atoms with Gasteiger partial charge in [0.2, 0.25) is 0 Å².